The number of amides is 1. The predicted molar refractivity (Wildman–Crippen MR) is 68.2 cm³/mol. The van der Waals surface area contributed by atoms with Crippen molar-refractivity contribution in [1.29, 1.82) is 0 Å². The molecule has 1 aromatic carbocycles. The lowest BCUT2D eigenvalue weighted by atomic mass is 10.3. The summed E-state index contributed by atoms with van der Waals surface area (Å²) in [5.74, 6) is -1.45. The Balaban J connectivity index is 2.44. The molecule has 1 rings (SSSR count). The molecule has 19 heavy (non-hydrogen) atoms. The molecule has 3 N–H and O–H groups in total. The monoisotopic (exact) mass is 287 g/mol. The second kappa shape index (κ2) is 6.96. The number of ether oxygens (including phenoxy) is 1. The third-order valence-electron chi connectivity index (χ3n) is 2.25. The first-order valence-corrected chi connectivity index (χ1v) is 5.88. The molecule has 0 bridgehead atoms. The zero-order chi connectivity index (χ0) is 14.4. The minimum absolute atomic E-state index is 0.373. The molecule has 104 valence electrons. The van der Waals surface area contributed by atoms with Gasteiger partial charge in [-0.3, -0.25) is 4.79 Å². The molecule has 0 aliphatic rings. The predicted octanol–water partition coefficient (Wildman–Crippen LogP) is 0.669. The maximum Gasteiger partial charge on any atom is 0.334 e. The van der Waals surface area contributed by atoms with Crippen LogP contribution in [0, 0.1) is 0 Å². The van der Waals surface area contributed by atoms with Crippen LogP contribution in [0.2, 0.25) is 5.02 Å². The fraction of sp³-hybridized carbons (Fsp3) is 0.333. The number of halogens is 1. The van der Waals surface area contributed by atoms with Gasteiger partial charge in [0, 0.05) is 5.02 Å². The molecule has 0 radical (unpaired) electrons. The average Bonchev–Trinajstić information content (AvgIpc) is 2.37. The summed E-state index contributed by atoms with van der Waals surface area (Å²) < 4.78 is 5.32. The summed E-state index contributed by atoms with van der Waals surface area (Å²) in [4.78, 5) is 21.9. The maximum atomic E-state index is 11.6. The lowest BCUT2D eigenvalue weighted by molar-refractivity contribution is -0.146. The van der Waals surface area contributed by atoms with Gasteiger partial charge in [0.25, 0.3) is 5.91 Å². The van der Waals surface area contributed by atoms with Gasteiger partial charge in [0.1, 0.15) is 5.75 Å². The molecule has 1 amide bonds. The summed E-state index contributed by atoms with van der Waals surface area (Å²) in [6.45, 7) is 1.14. The molecular weight excluding hydrogens is 274 g/mol. The first-order valence-electron chi connectivity index (χ1n) is 5.51. The molecule has 0 aromatic heterocycles. The first-order chi connectivity index (χ1) is 8.90. The number of carbonyl (C=O) groups is 2. The van der Waals surface area contributed by atoms with E-state index in [1.807, 2.05) is 0 Å². The lowest BCUT2D eigenvalue weighted by Gasteiger charge is -2.15. The number of hydrogen-bond acceptors (Lipinski definition) is 4. The summed E-state index contributed by atoms with van der Waals surface area (Å²) >= 11 is 5.71. The Morgan fingerprint density at radius 2 is 1.95 bits per heavy atom. The van der Waals surface area contributed by atoms with Gasteiger partial charge in [-0.25, -0.2) is 4.79 Å². The van der Waals surface area contributed by atoms with E-state index in [-0.39, 0.29) is 6.54 Å². The minimum Gasteiger partial charge on any atom is -0.481 e. The molecule has 0 fully saturated rings. The highest BCUT2D eigenvalue weighted by Gasteiger charge is 2.18. The van der Waals surface area contributed by atoms with Crippen LogP contribution < -0.4 is 10.1 Å². The van der Waals surface area contributed by atoms with E-state index in [2.05, 4.69) is 5.32 Å². The Labute approximate surface area is 114 Å². The van der Waals surface area contributed by atoms with Crippen LogP contribution >= 0.6 is 11.6 Å². The molecule has 1 aromatic rings. The Bertz CT molecular complexity index is 448. The summed E-state index contributed by atoms with van der Waals surface area (Å²) in [6, 6.07) is 6.46. The van der Waals surface area contributed by atoms with Crippen molar-refractivity contribution in [3.05, 3.63) is 29.3 Å². The molecular formula is C12H14ClNO5. The highest BCUT2D eigenvalue weighted by molar-refractivity contribution is 6.30. The molecule has 0 aliphatic heterocycles. The summed E-state index contributed by atoms with van der Waals surface area (Å²) in [6.07, 6.45) is -2.45. The first kappa shape index (κ1) is 15.3. The lowest BCUT2D eigenvalue weighted by Crippen LogP contribution is -2.42. The highest BCUT2D eigenvalue weighted by Crippen LogP contribution is 2.16. The topological polar surface area (TPSA) is 95.9 Å². The third kappa shape index (κ3) is 5.15. The van der Waals surface area contributed by atoms with E-state index in [0.717, 1.165) is 0 Å². The maximum absolute atomic E-state index is 11.6. The van der Waals surface area contributed by atoms with Gasteiger partial charge in [0.15, 0.2) is 12.2 Å². The number of carboxylic acid groups (broad SMARTS) is 1. The SMILES string of the molecule is CC(Oc1ccc(Cl)cc1)C(=O)NCC(O)C(=O)O. The van der Waals surface area contributed by atoms with E-state index in [1.165, 1.54) is 6.92 Å². The summed E-state index contributed by atoms with van der Waals surface area (Å²) in [7, 11) is 0. The van der Waals surface area contributed by atoms with Crippen molar-refractivity contribution in [2.75, 3.05) is 6.54 Å². The second-order valence-corrected chi connectivity index (χ2v) is 4.25. The molecule has 0 heterocycles. The number of aliphatic hydroxyl groups is 1. The fourth-order valence-electron chi connectivity index (χ4n) is 1.20. The number of hydrogen-bond donors (Lipinski definition) is 3. The largest absolute Gasteiger partial charge is 0.481 e. The van der Waals surface area contributed by atoms with E-state index in [0.29, 0.717) is 10.8 Å². The van der Waals surface area contributed by atoms with Crippen LogP contribution in [0.4, 0.5) is 0 Å². The van der Waals surface area contributed by atoms with Gasteiger partial charge in [-0.05, 0) is 31.2 Å². The van der Waals surface area contributed by atoms with Crippen LogP contribution in [-0.2, 0) is 9.59 Å². The van der Waals surface area contributed by atoms with Gasteiger partial charge in [0.05, 0.1) is 6.54 Å². The molecule has 7 heteroatoms. The summed E-state index contributed by atoms with van der Waals surface area (Å²) in [5, 5.41) is 20.3. The zero-order valence-electron chi connectivity index (χ0n) is 10.2. The van der Waals surface area contributed by atoms with Crippen LogP contribution in [0.3, 0.4) is 0 Å². The number of carbonyl (C=O) groups excluding carboxylic acids is 1. The molecule has 0 spiro atoms. The standard InChI is InChI=1S/C12H14ClNO5/c1-7(11(16)14-6-10(15)12(17)18)19-9-4-2-8(13)3-5-9/h2-5,7,10,15H,6H2,1H3,(H,14,16)(H,17,18). The minimum atomic E-state index is -1.63. The van der Waals surface area contributed by atoms with E-state index in [9.17, 15) is 9.59 Å². The van der Waals surface area contributed by atoms with Crippen LogP contribution in [0.5, 0.6) is 5.75 Å². The fourth-order valence-corrected chi connectivity index (χ4v) is 1.33. The smallest absolute Gasteiger partial charge is 0.334 e. The number of aliphatic carboxylic acids is 1. The molecule has 0 saturated carbocycles. The number of carboxylic acids is 1. The van der Waals surface area contributed by atoms with E-state index < -0.39 is 24.1 Å². The third-order valence-corrected chi connectivity index (χ3v) is 2.50. The van der Waals surface area contributed by atoms with Crippen LogP contribution in [0.25, 0.3) is 0 Å². The van der Waals surface area contributed by atoms with Crippen LogP contribution in [-0.4, -0.2) is 40.8 Å². The molecule has 0 aliphatic carbocycles. The highest BCUT2D eigenvalue weighted by atomic mass is 35.5. The van der Waals surface area contributed by atoms with Crippen molar-refractivity contribution in [3.63, 3.8) is 0 Å². The van der Waals surface area contributed by atoms with E-state index in [1.54, 1.807) is 24.3 Å². The Morgan fingerprint density at radius 1 is 1.37 bits per heavy atom. The normalized spacial score (nSPS) is 13.4. The Hall–Kier alpha value is -1.79. The van der Waals surface area contributed by atoms with Crippen molar-refractivity contribution in [1.82, 2.24) is 5.32 Å². The number of benzene rings is 1. The van der Waals surface area contributed by atoms with Crippen molar-refractivity contribution in [3.8, 4) is 5.75 Å². The van der Waals surface area contributed by atoms with Gasteiger partial charge in [-0.2, -0.15) is 0 Å². The van der Waals surface area contributed by atoms with E-state index >= 15 is 0 Å². The quantitative estimate of drug-likeness (QED) is 0.715. The molecule has 6 nitrogen and oxygen atoms in total. The van der Waals surface area contributed by atoms with E-state index in [4.69, 9.17) is 26.6 Å². The van der Waals surface area contributed by atoms with Crippen molar-refractivity contribution in [2.45, 2.75) is 19.1 Å². The molecule has 0 saturated heterocycles. The molecule has 2 unspecified atom stereocenters. The van der Waals surface area contributed by atoms with Gasteiger partial charge < -0.3 is 20.3 Å². The van der Waals surface area contributed by atoms with Crippen molar-refractivity contribution < 1.29 is 24.5 Å². The van der Waals surface area contributed by atoms with Gasteiger partial charge in [-0.1, -0.05) is 11.6 Å². The van der Waals surface area contributed by atoms with Crippen LogP contribution in [0.15, 0.2) is 24.3 Å². The van der Waals surface area contributed by atoms with Crippen LogP contribution in [0.1, 0.15) is 6.92 Å². The van der Waals surface area contributed by atoms with Gasteiger partial charge >= 0.3 is 5.97 Å². The number of rotatable bonds is 6. The average molecular weight is 288 g/mol. The van der Waals surface area contributed by atoms with Gasteiger partial charge in [-0.15, -0.1) is 0 Å². The number of nitrogens with one attached hydrogen (secondary N) is 1. The van der Waals surface area contributed by atoms with Crippen molar-refractivity contribution >= 4 is 23.5 Å². The van der Waals surface area contributed by atoms with Crippen molar-refractivity contribution in [2.24, 2.45) is 0 Å². The molecule has 2 atom stereocenters. The van der Waals surface area contributed by atoms with Gasteiger partial charge in [0.2, 0.25) is 0 Å². The zero-order valence-corrected chi connectivity index (χ0v) is 10.9. The Kier molecular flexibility index (Phi) is 5.59. The Morgan fingerprint density at radius 3 is 2.47 bits per heavy atom. The second-order valence-electron chi connectivity index (χ2n) is 3.81. The number of aliphatic hydroxyl groups excluding tert-OH is 1. The summed E-state index contributed by atoms with van der Waals surface area (Å²) in [5.41, 5.74) is 0.